The maximum atomic E-state index is 12.7. The molecule has 5 nitrogen and oxygen atoms in total. The van der Waals surface area contributed by atoms with E-state index in [0.717, 1.165) is 12.0 Å². The Balaban J connectivity index is 2.17. The van der Waals surface area contributed by atoms with Gasteiger partial charge in [0.25, 0.3) is 5.91 Å². The molecule has 0 aliphatic carbocycles. The Morgan fingerprint density at radius 3 is 2.04 bits per heavy atom. The minimum atomic E-state index is -3.52. The Kier molecular flexibility index (Phi) is 7.16. The second kappa shape index (κ2) is 9.15. The van der Waals surface area contributed by atoms with Crippen molar-refractivity contribution in [2.24, 2.45) is 5.92 Å². The van der Waals surface area contributed by atoms with Crippen LogP contribution < -0.4 is 10.0 Å². The summed E-state index contributed by atoms with van der Waals surface area (Å²) in [6.07, 6.45) is 0.973. The minimum Gasteiger partial charge on any atom is -0.345 e. The van der Waals surface area contributed by atoms with Crippen LogP contribution in [0.2, 0.25) is 0 Å². The fourth-order valence-corrected chi connectivity index (χ4v) is 3.92. The molecule has 0 radical (unpaired) electrons. The first-order valence-electron chi connectivity index (χ1n) is 9.28. The second-order valence-electron chi connectivity index (χ2n) is 6.82. The van der Waals surface area contributed by atoms with Gasteiger partial charge < -0.3 is 5.32 Å². The molecule has 0 spiro atoms. The molecule has 0 aromatic heterocycles. The van der Waals surface area contributed by atoms with Gasteiger partial charge in [-0.25, -0.2) is 13.1 Å². The van der Waals surface area contributed by atoms with E-state index in [-0.39, 0.29) is 22.8 Å². The summed E-state index contributed by atoms with van der Waals surface area (Å²) in [4.78, 5) is 12.8. The van der Waals surface area contributed by atoms with Crippen LogP contribution in [0, 0.1) is 5.92 Å². The number of benzene rings is 2. The number of hydrogen-bond donors (Lipinski definition) is 2. The normalized spacial score (nSPS) is 12.8. The van der Waals surface area contributed by atoms with Crippen molar-refractivity contribution in [2.45, 2.75) is 45.1 Å². The molecule has 27 heavy (non-hydrogen) atoms. The van der Waals surface area contributed by atoms with E-state index in [9.17, 15) is 13.2 Å². The van der Waals surface area contributed by atoms with Crippen molar-refractivity contribution >= 4 is 15.9 Å². The molecule has 0 aliphatic rings. The number of aryl methyl sites for hydroxylation is 1. The van der Waals surface area contributed by atoms with Crippen molar-refractivity contribution in [1.29, 1.82) is 0 Å². The molecule has 1 amide bonds. The third-order valence-corrected chi connectivity index (χ3v) is 6.02. The lowest BCUT2D eigenvalue weighted by Gasteiger charge is -2.23. The van der Waals surface area contributed by atoms with Gasteiger partial charge in [0.2, 0.25) is 10.0 Å². The van der Waals surface area contributed by atoms with E-state index in [0.29, 0.717) is 12.1 Å². The number of rotatable bonds is 8. The summed E-state index contributed by atoms with van der Waals surface area (Å²) >= 11 is 0. The highest BCUT2D eigenvalue weighted by Gasteiger charge is 2.20. The van der Waals surface area contributed by atoms with Crippen molar-refractivity contribution < 1.29 is 13.2 Å². The van der Waals surface area contributed by atoms with Gasteiger partial charge in [0, 0.05) is 12.1 Å². The first kappa shape index (κ1) is 21.1. The van der Waals surface area contributed by atoms with E-state index in [1.165, 1.54) is 29.8 Å². The minimum absolute atomic E-state index is 0.117. The molecule has 0 heterocycles. The zero-order chi connectivity index (χ0) is 20.0. The van der Waals surface area contributed by atoms with E-state index in [4.69, 9.17) is 0 Å². The maximum Gasteiger partial charge on any atom is 0.251 e. The van der Waals surface area contributed by atoms with Crippen molar-refractivity contribution in [3.8, 4) is 0 Å². The molecular weight excluding hydrogens is 360 g/mol. The van der Waals surface area contributed by atoms with Gasteiger partial charge >= 0.3 is 0 Å². The lowest BCUT2D eigenvalue weighted by Crippen LogP contribution is -2.31. The van der Waals surface area contributed by atoms with Crippen LogP contribution in [0.25, 0.3) is 0 Å². The zero-order valence-electron chi connectivity index (χ0n) is 16.3. The van der Waals surface area contributed by atoms with Gasteiger partial charge in [-0.3, -0.25) is 4.79 Å². The maximum absolute atomic E-state index is 12.7. The van der Waals surface area contributed by atoms with E-state index >= 15 is 0 Å². The Hall–Kier alpha value is -2.18. The Bertz CT molecular complexity index is 857. The van der Waals surface area contributed by atoms with E-state index < -0.39 is 10.0 Å². The quantitative estimate of drug-likeness (QED) is 0.724. The van der Waals surface area contributed by atoms with Gasteiger partial charge in [0.15, 0.2) is 0 Å². The molecule has 0 aliphatic heterocycles. The summed E-state index contributed by atoms with van der Waals surface area (Å²) in [6, 6.07) is 14.1. The highest BCUT2D eigenvalue weighted by atomic mass is 32.2. The standard InChI is InChI=1S/C21H28N2O3S/c1-5-16-7-9-17(10-8-16)20(15(3)4)23-21(24)18-11-13-19(14-12-18)27(25,26)22-6-2/h7-15,20,22H,5-6H2,1-4H3,(H,23,24). The fourth-order valence-electron chi connectivity index (χ4n) is 2.88. The summed E-state index contributed by atoms with van der Waals surface area (Å²) in [6.45, 7) is 8.27. The van der Waals surface area contributed by atoms with Crippen LogP contribution >= 0.6 is 0 Å². The first-order chi connectivity index (χ1) is 12.8. The fraction of sp³-hybridized carbons (Fsp3) is 0.381. The van der Waals surface area contributed by atoms with Gasteiger partial charge in [-0.05, 0) is 47.7 Å². The largest absolute Gasteiger partial charge is 0.345 e. The number of nitrogens with one attached hydrogen (secondary N) is 2. The lowest BCUT2D eigenvalue weighted by atomic mass is 9.94. The molecular formula is C21H28N2O3S. The molecule has 1 unspecified atom stereocenters. The van der Waals surface area contributed by atoms with Gasteiger partial charge in [-0.1, -0.05) is 52.0 Å². The van der Waals surface area contributed by atoms with Crippen molar-refractivity contribution in [1.82, 2.24) is 10.0 Å². The van der Waals surface area contributed by atoms with E-state index in [1.807, 2.05) is 0 Å². The average Bonchev–Trinajstić information content (AvgIpc) is 2.66. The topological polar surface area (TPSA) is 75.3 Å². The highest BCUT2D eigenvalue weighted by molar-refractivity contribution is 7.89. The molecule has 0 saturated carbocycles. The second-order valence-corrected chi connectivity index (χ2v) is 8.58. The molecule has 2 aromatic rings. The number of hydrogen-bond acceptors (Lipinski definition) is 3. The summed E-state index contributed by atoms with van der Waals surface area (Å²) in [7, 11) is -3.52. The summed E-state index contributed by atoms with van der Waals surface area (Å²) in [5.74, 6) is -0.00417. The first-order valence-corrected chi connectivity index (χ1v) is 10.8. The van der Waals surface area contributed by atoms with Crippen LogP contribution in [0.5, 0.6) is 0 Å². The van der Waals surface area contributed by atoms with Crippen molar-refractivity contribution in [3.05, 3.63) is 65.2 Å². The molecule has 2 rings (SSSR count). The summed E-state index contributed by atoms with van der Waals surface area (Å²) in [5.41, 5.74) is 2.74. The molecule has 1 atom stereocenters. The van der Waals surface area contributed by atoms with Crippen LogP contribution in [-0.2, 0) is 16.4 Å². The molecule has 2 N–H and O–H groups in total. The van der Waals surface area contributed by atoms with Gasteiger partial charge in [0.05, 0.1) is 10.9 Å². The third-order valence-electron chi connectivity index (χ3n) is 4.46. The zero-order valence-corrected chi connectivity index (χ0v) is 17.1. The van der Waals surface area contributed by atoms with Crippen LogP contribution in [0.3, 0.4) is 0 Å². The van der Waals surface area contributed by atoms with Crippen LogP contribution in [-0.4, -0.2) is 20.9 Å². The average molecular weight is 389 g/mol. The molecule has 146 valence electrons. The van der Waals surface area contributed by atoms with Crippen molar-refractivity contribution in [2.75, 3.05) is 6.54 Å². The summed E-state index contributed by atoms with van der Waals surface area (Å²) < 4.78 is 26.4. The van der Waals surface area contributed by atoms with E-state index in [2.05, 4.69) is 55.1 Å². The molecule has 2 aromatic carbocycles. The van der Waals surface area contributed by atoms with Crippen molar-refractivity contribution in [3.63, 3.8) is 0 Å². The van der Waals surface area contributed by atoms with Crippen LogP contribution in [0.1, 0.15) is 55.2 Å². The molecule has 0 saturated heterocycles. The van der Waals surface area contributed by atoms with Crippen LogP contribution in [0.4, 0.5) is 0 Å². The van der Waals surface area contributed by atoms with Gasteiger partial charge in [0.1, 0.15) is 0 Å². The van der Waals surface area contributed by atoms with Crippen LogP contribution in [0.15, 0.2) is 53.4 Å². The smallest absolute Gasteiger partial charge is 0.251 e. The summed E-state index contributed by atoms with van der Waals surface area (Å²) in [5, 5.41) is 3.07. The molecule has 0 fully saturated rings. The van der Waals surface area contributed by atoms with E-state index in [1.54, 1.807) is 6.92 Å². The number of sulfonamides is 1. The SMILES string of the molecule is CCNS(=O)(=O)c1ccc(C(=O)NC(c2ccc(CC)cc2)C(C)C)cc1. The predicted molar refractivity (Wildman–Crippen MR) is 108 cm³/mol. The monoisotopic (exact) mass is 388 g/mol. The highest BCUT2D eigenvalue weighted by Crippen LogP contribution is 2.23. The van der Waals surface area contributed by atoms with Gasteiger partial charge in [-0.2, -0.15) is 0 Å². The number of carbonyl (C=O) groups excluding carboxylic acids is 1. The Labute approximate surface area is 162 Å². The number of carbonyl (C=O) groups is 1. The number of amides is 1. The Morgan fingerprint density at radius 1 is 0.963 bits per heavy atom. The Morgan fingerprint density at radius 2 is 1.56 bits per heavy atom. The third kappa shape index (κ3) is 5.40. The van der Waals surface area contributed by atoms with Gasteiger partial charge in [-0.15, -0.1) is 0 Å². The predicted octanol–water partition coefficient (Wildman–Crippen LogP) is 3.67. The lowest BCUT2D eigenvalue weighted by molar-refractivity contribution is 0.0925. The molecule has 0 bridgehead atoms. The molecule has 6 heteroatoms.